The smallest absolute Gasteiger partial charge is 0.350 e. The second-order valence-corrected chi connectivity index (χ2v) is 6.07. The third-order valence-electron chi connectivity index (χ3n) is 3.98. The van der Waals surface area contributed by atoms with E-state index >= 15 is 0 Å². The van der Waals surface area contributed by atoms with Crippen LogP contribution in [0.2, 0.25) is 0 Å². The van der Waals surface area contributed by atoms with Crippen molar-refractivity contribution in [3.05, 3.63) is 34.9 Å². The first-order valence-corrected chi connectivity index (χ1v) is 7.65. The Bertz CT molecular complexity index is 758. The number of rotatable bonds is 5. The van der Waals surface area contributed by atoms with E-state index in [0.29, 0.717) is 5.69 Å². The number of carbonyl (C=O) groups excluding carboxylic acids is 1. The van der Waals surface area contributed by atoms with Crippen molar-refractivity contribution in [3.8, 4) is 0 Å². The number of aryl methyl sites for hydroxylation is 2. The molecule has 1 fully saturated rings. The molecule has 0 unspecified atom stereocenters. The summed E-state index contributed by atoms with van der Waals surface area (Å²) >= 11 is 0. The fourth-order valence-electron chi connectivity index (χ4n) is 2.61. The Balaban J connectivity index is 1.67. The molecule has 24 heavy (non-hydrogen) atoms. The zero-order chi connectivity index (χ0) is 17.5. The molecule has 0 radical (unpaired) electrons. The second-order valence-electron chi connectivity index (χ2n) is 6.07. The summed E-state index contributed by atoms with van der Waals surface area (Å²) in [5.74, 6) is -0.307. The monoisotopic (exact) mass is 341 g/mol. The lowest BCUT2D eigenvalue weighted by Crippen LogP contribution is -2.28. The van der Waals surface area contributed by atoms with Crippen LogP contribution in [0.3, 0.4) is 0 Å². The van der Waals surface area contributed by atoms with Gasteiger partial charge in [-0.25, -0.2) is 0 Å². The number of hydrogen-bond acceptors (Lipinski definition) is 3. The molecule has 3 rings (SSSR count). The van der Waals surface area contributed by atoms with Gasteiger partial charge in [0.1, 0.15) is 6.54 Å². The molecule has 6 nitrogen and oxygen atoms in total. The first kappa shape index (κ1) is 16.5. The van der Waals surface area contributed by atoms with Crippen molar-refractivity contribution in [2.45, 2.75) is 44.9 Å². The first-order valence-electron chi connectivity index (χ1n) is 7.65. The lowest BCUT2D eigenvalue weighted by atomic mass is 10.2. The molecule has 0 bridgehead atoms. The third-order valence-corrected chi connectivity index (χ3v) is 3.98. The maximum absolute atomic E-state index is 12.8. The Morgan fingerprint density at radius 1 is 1.38 bits per heavy atom. The minimum absolute atomic E-state index is 0.0713. The van der Waals surface area contributed by atoms with E-state index in [4.69, 9.17) is 0 Å². The lowest BCUT2D eigenvalue weighted by Gasteiger charge is -2.08. The Morgan fingerprint density at radius 3 is 2.62 bits per heavy atom. The van der Waals surface area contributed by atoms with Crippen LogP contribution in [0.15, 0.2) is 12.3 Å². The van der Waals surface area contributed by atoms with E-state index in [1.165, 1.54) is 4.68 Å². The van der Waals surface area contributed by atoms with Crippen molar-refractivity contribution in [3.63, 3.8) is 0 Å². The molecule has 9 heteroatoms. The van der Waals surface area contributed by atoms with Gasteiger partial charge in [-0.3, -0.25) is 14.2 Å². The Labute approximate surface area is 136 Å². The van der Waals surface area contributed by atoms with Crippen LogP contribution in [0, 0.1) is 6.92 Å². The van der Waals surface area contributed by atoms with Crippen LogP contribution in [-0.4, -0.2) is 25.5 Å². The molecule has 2 aromatic heterocycles. The molecule has 1 N–H and O–H groups in total. The summed E-state index contributed by atoms with van der Waals surface area (Å²) in [5.41, 5.74) is 1.20. The van der Waals surface area contributed by atoms with Crippen LogP contribution in [-0.2, 0) is 31.1 Å². The third kappa shape index (κ3) is 3.60. The summed E-state index contributed by atoms with van der Waals surface area (Å²) in [6.45, 7) is 1.89. The van der Waals surface area contributed by atoms with Crippen LogP contribution in [0.5, 0.6) is 0 Å². The molecule has 2 aromatic rings. The SMILES string of the molecule is Cc1nn(C)cc1CNC(=O)Cn1nc(C(F)(F)F)cc1C1CC1. The summed E-state index contributed by atoms with van der Waals surface area (Å²) in [6.07, 6.45) is -1.04. The molecule has 2 heterocycles. The summed E-state index contributed by atoms with van der Waals surface area (Å²) in [4.78, 5) is 12.1. The van der Waals surface area contributed by atoms with Gasteiger partial charge in [-0.2, -0.15) is 23.4 Å². The summed E-state index contributed by atoms with van der Waals surface area (Å²) in [7, 11) is 1.78. The van der Waals surface area contributed by atoms with Crippen LogP contribution >= 0.6 is 0 Å². The van der Waals surface area contributed by atoms with E-state index < -0.39 is 11.9 Å². The van der Waals surface area contributed by atoms with E-state index in [9.17, 15) is 18.0 Å². The summed E-state index contributed by atoms with van der Waals surface area (Å²) in [6, 6.07) is 1.05. The fraction of sp³-hybridized carbons (Fsp3) is 0.533. The van der Waals surface area contributed by atoms with Gasteiger partial charge in [-0.1, -0.05) is 0 Å². The molecule has 1 saturated carbocycles. The van der Waals surface area contributed by atoms with Crippen molar-refractivity contribution in [1.82, 2.24) is 24.9 Å². The molecule has 130 valence electrons. The highest BCUT2D eigenvalue weighted by atomic mass is 19.4. The number of nitrogens with zero attached hydrogens (tertiary/aromatic N) is 4. The standard InChI is InChI=1S/C15H18F3N5O/c1-9-11(7-22(2)20-9)6-19-14(24)8-23-12(10-3-4-10)5-13(21-23)15(16,17)18/h5,7,10H,3-4,6,8H2,1-2H3,(H,19,24). The highest BCUT2D eigenvalue weighted by Gasteiger charge is 2.38. The highest BCUT2D eigenvalue weighted by Crippen LogP contribution is 2.42. The van der Waals surface area contributed by atoms with E-state index in [1.807, 2.05) is 6.92 Å². The number of nitrogens with one attached hydrogen (secondary N) is 1. The minimum Gasteiger partial charge on any atom is -0.350 e. The van der Waals surface area contributed by atoms with Crippen LogP contribution < -0.4 is 5.32 Å². The fourth-order valence-corrected chi connectivity index (χ4v) is 2.61. The predicted molar refractivity (Wildman–Crippen MR) is 79.0 cm³/mol. The van der Waals surface area contributed by atoms with Crippen molar-refractivity contribution >= 4 is 5.91 Å². The lowest BCUT2D eigenvalue weighted by molar-refractivity contribution is -0.141. The number of carbonyl (C=O) groups is 1. The quantitative estimate of drug-likeness (QED) is 0.906. The Kier molecular flexibility index (Phi) is 4.10. The summed E-state index contributed by atoms with van der Waals surface area (Å²) in [5, 5.41) is 10.4. The van der Waals surface area contributed by atoms with Crippen LogP contribution in [0.1, 0.15) is 41.4 Å². The van der Waals surface area contributed by atoms with Gasteiger partial charge < -0.3 is 5.32 Å². The molecule has 0 aromatic carbocycles. The van der Waals surface area contributed by atoms with Gasteiger partial charge in [0.2, 0.25) is 5.91 Å². The van der Waals surface area contributed by atoms with Crippen molar-refractivity contribution in [2.24, 2.45) is 7.05 Å². The molecule has 0 aliphatic heterocycles. The van der Waals surface area contributed by atoms with Crippen molar-refractivity contribution in [2.75, 3.05) is 0 Å². The normalized spacial score (nSPS) is 14.9. The molecule has 1 aliphatic rings. The molecule has 0 saturated heterocycles. The number of aromatic nitrogens is 4. The Hall–Kier alpha value is -2.32. The molecule has 1 amide bonds. The van der Waals surface area contributed by atoms with E-state index in [-0.39, 0.29) is 24.9 Å². The van der Waals surface area contributed by atoms with Gasteiger partial charge in [-0.15, -0.1) is 0 Å². The zero-order valence-corrected chi connectivity index (χ0v) is 13.4. The zero-order valence-electron chi connectivity index (χ0n) is 13.4. The second kappa shape index (κ2) is 5.95. The van der Waals surface area contributed by atoms with Gasteiger partial charge in [0, 0.05) is 37.0 Å². The van der Waals surface area contributed by atoms with Crippen LogP contribution in [0.4, 0.5) is 13.2 Å². The molecule has 0 atom stereocenters. The molecular weight excluding hydrogens is 323 g/mol. The number of amides is 1. The largest absolute Gasteiger partial charge is 0.435 e. The van der Waals surface area contributed by atoms with Gasteiger partial charge in [-0.05, 0) is 25.8 Å². The minimum atomic E-state index is -4.50. The molecule has 1 aliphatic carbocycles. The molecule has 0 spiro atoms. The maximum Gasteiger partial charge on any atom is 0.435 e. The maximum atomic E-state index is 12.8. The average Bonchev–Trinajstić information content (AvgIpc) is 3.14. The predicted octanol–water partition coefficient (Wildman–Crippen LogP) is 2.14. The van der Waals surface area contributed by atoms with Crippen LogP contribution in [0.25, 0.3) is 0 Å². The van der Waals surface area contributed by atoms with E-state index in [2.05, 4.69) is 15.5 Å². The van der Waals surface area contributed by atoms with Gasteiger partial charge in [0.05, 0.1) is 5.69 Å². The topological polar surface area (TPSA) is 64.7 Å². The Morgan fingerprint density at radius 2 is 2.08 bits per heavy atom. The van der Waals surface area contributed by atoms with E-state index in [1.54, 1.807) is 17.9 Å². The number of alkyl halides is 3. The average molecular weight is 341 g/mol. The van der Waals surface area contributed by atoms with E-state index in [0.717, 1.165) is 30.2 Å². The number of hydrogen-bond donors (Lipinski definition) is 1. The summed E-state index contributed by atoms with van der Waals surface area (Å²) < 4.78 is 41.3. The first-order chi connectivity index (χ1) is 11.2. The van der Waals surface area contributed by atoms with Crippen molar-refractivity contribution in [1.29, 1.82) is 0 Å². The van der Waals surface area contributed by atoms with Gasteiger partial charge >= 0.3 is 6.18 Å². The van der Waals surface area contributed by atoms with Gasteiger partial charge in [0.25, 0.3) is 0 Å². The van der Waals surface area contributed by atoms with Crippen molar-refractivity contribution < 1.29 is 18.0 Å². The van der Waals surface area contributed by atoms with Gasteiger partial charge in [0.15, 0.2) is 5.69 Å². The molecular formula is C15H18F3N5O. The highest BCUT2D eigenvalue weighted by molar-refractivity contribution is 5.75. The number of halogens is 3.